The molecular formula is C15H20N4O. The smallest absolute Gasteiger partial charge is 0.226 e. The number of nitrogens with zero attached hydrogens (tertiary/aromatic N) is 3. The van der Waals surface area contributed by atoms with Crippen LogP contribution in [-0.2, 0) is 4.79 Å². The summed E-state index contributed by atoms with van der Waals surface area (Å²) in [4.78, 5) is 23.3. The molecule has 0 aromatic carbocycles. The SMILES string of the molecule is Cc1cc(N2CC(C(=O)NC3CC3)C2)nc(C2CC2)n1. The van der Waals surface area contributed by atoms with Crippen molar-refractivity contribution in [3.8, 4) is 0 Å². The third-order valence-electron chi connectivity index (χ3n) is 4.30. The Labute approximate surface area is 118 Å². The summed E-state index contributed by atoms with van der Waals surface area (Å²) in [6.45, 7) is 3.60. The predicted molar refractivity (Wildman–Crippen MR) is 75.6 cm³/mol. The Balaban J connectivity index is 1.40. The number of aryl methyl sites for hydroxylation is 1. The van der Waals surface area contributed by atoms with Crippen LogP contribution in [0.25, 0.3) is 0 Å². The Hall–Kier alpha value is -1.65. The van der Waals surface area contributed by atoms with Gasteiger partial charge < -0.3 is 10.2 Å². The zero-order chi connectivity index (χ0) is 13.7. The van der Waals surface area contributed by atoms with E-state index in [1.54, 1.807) is 0 Å². The summed E-state index contributed by atoms with van der Waals surface area (Å²) in [6.07, 6.45) is 4.74. The van der Waals surface area contributed by atoms with E-state index in [-0.39, 0.29) is 11.8 Å². The Morgan fingerprint density at radius 1 is 1.25 bits per heavy atom. The maximum absolute atomic E-state index is 11.9. The molecule has 0 atom stereocenters. The van der Waals surface area contributed by atoms with E-state index in [4.69, 9.17) is 0 Å². The predicted octanol–water partition coefficient (Wildman–Crippen LogP) is 1.38. The van der Waals surface area contributed by atoms with Crippen LogP contribution in [0.1, 0.15) is 43.1 Å². The third-order valence-corrected chi connectivity index (χ3v) is 4.30. The van der Waals surface area contributed by atoms with Gasteiger partial charge in [0.2, 0.25) is 5.91 Å². The summed E-state index contributed by atoms with van der Waals surface area (Å²) in [5, 5.41) is 3.08. The van der Waals surface area contributed by atoms with Crippen molar-refractivity contribution in [1.82, 2.24) is 15.3 Å². The quantitative estimate of drug-likeness (QED) is 0.899. The standard InChI is InChI=1S/C15H20N4O/c1-9-6-13(18-14(16-9)10-2-3-10)19-7-11(8-19)15(20)17-12-4-5-12/h6,10-12H,2-5,7-8H2,1H3,(H,17,20). The lowest BCUT2D eigenvalue weighted by atomic mass is 9.99. The fourth-order valence-corrected chi connectivity index (χ4v) is 2.64. The minimum atomic E-state index is 0.134. The van der Waals surface area contributed by atoms with Crippen molar-refractivity contribution in [3.63, 3.8) is 0 Å². The van der Waals surface area contributed by atoms with E-state index in [0.717, 1.165) is 43.3 Å². The topological polar surface area (TPSA) is 58.1 Å². The molecule has 1 aromatic rings. The highest BCUT2D eigenvalue weighted by Gasteiger charge is 2.36. The lowest BCUT2D eigenvalue weighted by Gasteiger charge is -2.39. The van der Waals surface area contributed by atoms with Crippen LogP contribution in [0.5, 0.6) is 0 Å². The Morgan fingerprint density at radius 2 is 2.00 bits per heavy atom. The number of carbonyl (C=O) groups is 1. The molecule has 20 heavy (non-hydrogen) atoms. The van der Waals surface area contributed by atoms with E-state index in [1.807, 2.05) is 13.0 Å². The van der Waals surface area contributed by atoms with Gasteiger partial charge in [-0.3, -0.25) is 4.79 Å². The van der Waals surface area contributed by atoms with Crippen molar-refractivity contribution in [2.45, 2.75) is 44.6 Å². The van der Waals surface area contributed by atoms with E-state index >= 15 is 0 Å². The summed E-state index contributed by atoms with van der Waals surface area (Å²) in [5.41, 5.74) is 1.03. The number of anilines is 1. The van der Waals surface area contributed by atoms with Crippen molar-refractivity contribution in [2.75, 3.05) is 18.0 Å². The number of carbonyl (C=O) groups excluding carboxylic acids is 1. The van der Waals surface area contributed by atoms with E-state index in [9.17, 15) is 4.79 Å². The van der Waals surface area contributed by atoms with Crippen LogP contribution in [-0.4, -0.2) is 35.0 Å². The number of hydrogen-bond donors (Lipinski definition) is 1. The molecule has 3 fully saturated rings. The van der Waals surface area contributed by atoms with Crippen LogP contribution in [0.3, 0.4) is 0 Å². The maximum atomic E-state index is 11.9. The molecule has 106 valence electrons. The van der Waals surface area contributed by atoms with Crippen LogP contribution in [0.4, 0.5) is 5.82 Å². The first-order chi connectivity index (χ1) is 9.69. The number of hydrogen-bond acceptors (Lipinski definition) is 4. The molecule has 5 nitrogen and oxygen atoms in total. The molecule has 1 aromatic heterocycles. The van der Waals surface area contributed by atoms with Crippen LogP contribution in [0.2, 0.25) is 0 Å². The second kappa shape index (κ2) is 4.43. The van der Waals surface area contributed by atoms with Gasteiger partial charge in [0, 0.05) is 36.8 Å². The molecule has 0 bridgehead atoms. The Bertz CT molecular complexity index is 545. The van der Waals surface area contributed by atoms with Gasteiger partial charge >= 0.3 is 0 Å². The molecule has 3 aliphatic rings. The minimum Gasteiger partial charge on any atom is -0.355 e. The fourth-order valence-electron chi connectivity index (χ4n) is 2.64. The molecule has 1 amide bonds. The number of amides is 1. The molecule has 1 aliphatic heterocycles. The van der Waals surface area contributed by atoms with Gasteiger partial charge in [-0.25, -0.2) is 9.97 Å². The van der Waals surface area contributed by atoms with E-state index < -0.39 is 0 Å². The lowest BCUT2D eigenvalue weighted by Crippen LogP contribution is -2.54. The molecule has 0 spiro atoms. The first kappa shape index (κ1) is 12.1. The van der Waals surface area contributed by atoms with Gasteiger partial charge in [0.1, 0.15) is 11.6 Å². The third kappa shape index (κ3) is 2.37. The molecule has 2 aliphatic carbocycles. The summed E-state index contributed by atoms with van der Waals surface area (Å²) >= 11 is 0. The molecule has 5 heteroatoms. The molecular weight excluding hydrogens is 252 g/mol. The number of aromatic nitrogens is 2. The second-order valence-electron chi connectivity index (χ2n) is 6.38. The molecule has 0 radical (unpaired) electrons. The van der Waals surface area contributed by atoms with Gasteiger partial charge in [-0.05, 0) is 32.6 Å². The van der Waals surface area contributed by atoms with Gasteiger partial charge in [-0.2, -0.15) is 0 Å². The number of nitrogens with one attached hydrogen (secondary N) is 1. The van der Waals surface area contributed by atoms with Crippen LogP contribution < -0.4 is 10.2 Å². The summed E-state index contributed by atoms with van der Waals surface area (Å²) in [7, 11) is 0. The highest BCUT2D eigenvalue weighted by atomic mass is 16.2. The van der Waals surface area contributed by atoms with Gasteiger partial charge in [-0.1, -0.05) is 0 Å². The van der Waals surface area contributed by atoms with E-state index in [1.165, 1.54) is 12.8 Å². The van der Waals surface area contributed by atoms with Crippen molar-refractivity contribution in [1.29, 1.82) is 0 Å². The zero-order valence-corrected chi connectivity index (χ0v) is 11.8. The highest BCUT2D eigenvalue weighted by Crippen LogP contribution is 2.39. The summed E-state index contributed by atoms with van der Waals surface area (Å²) < 4.78 is 0. The van der Waals surface area contributed by atoms with E-state index in [2.05, 4.69) is 20.2 Å². The fraction of sp³-hybridized carbons (Fsp3) is 0.667. The van der Waals surface area contributed by atoms with Crippen molar-refractivity contribution in [2.24, 2.45) is 5.92 Å². The minimum absolute atomic E-state index is 0.134. The van der Waals surface area contributed by atoms with Crippen LogP contribution in [0.15, 0.2) is 6.07 Å². The Kier molecular flexibility index (Phi) is 2.69. The summed E-state index contributed by atoms with van der Waals surface area (Å²) in [6, 6.07) is 2.49. The van der Waals surface area contributed by atoms with Crippen molar-refractivity contribution in [3.05, 3.63) is 17.6 Å². The zero-order valence-electron chi connectivity index (χ0n) is 11.8. The molecule has 2 heterocycles. The van der Waals surface area contributed by atoms with Gasteiger partial charge in [0.15, 0.2) is 0 Å². The van der Waals surface area contributed by atoms with E-state index in [0.29, 0.717) is 12.0 Å². The normalized spacial score (nSPS) is 22.6. The molecule has 2 saturated carbocycles. The van der Waals surface area contributed by atoms with Crippen molar-refractivity contribution >= 4 is 11.7 Å². The average Bonchev–Trinajstić information content (AvgIpc) is 3.21. The van der Waals surface area contributed by atoms with Crippen LogP contribution in [0, 0.1) is 12.8 Å². The number of rotatable bonds is 4. The monoisotopic (exact) mass is 272 g/mol. The Morgan fingerprint density at radius 3 is 2.65 bits per heavy atom. The maximum Gasteiger partial charge on any atom is 0.226 e. The van der Waals surface area contributed by atoms with Gasteiger partial charge in [-0.15, -0.1) is 0 Å². The first-order valence-corrected chi connectivity index (χ1v) is 7.60. The van der Waals surface area contributed by atoms with Crippen molar-refractivity contribution < 1.29 is 4.79 Å². The van der Waals surface area contributed by atoms with Gasteiger partial charge in [0.05, 0.1) is 5.92 Å². The highest BCUT2D eigenvalue weighted by molar-refractivity contribution is 5.82. The largest absolute Gasteiger partial charge is 0.355 e. The lowest BCUT2D eigenvalue weighted by molar-refractivity contribution is -0.125. The molecule has 4 rings (SSSR count). The summed E-state index contributed by atoms with van der Waals surface area (Å²) in [5.74, 6) is 2.91. The van der Waals surface area contributed by atoms with Gasteiger partial charge in [0.25, 0.3) is 0 Å². The second-order valence-corrected chi connectivity index (χ2v) is 6.38. The molecule has 1 N–H and O–H groups in total. The van der Waals surface area contributed by atoms with Crippen LogP contribution >= 0.6 is 0 Å². The molecule has 0 unspecified atom stereocenters. The first-order valence-electron chi connectivity index (χ1n) is 7.60. The average molecular weight is 272 g/mol. The molecule has 1 saturated heterocycles.